The molecule has 2 saturated carbocycles. The summed E-state index contributed by atoms with van der Waals surface area (Å²) in [5, 5.41) is 1.60. The van der Waals surface area contributed by atoms with Crippen molar-refractivity contribution in [1.29, 1.82) is 0 Å². The molecule has 23 heavy (non-hydrogen) atoms. The first-order chi connectivity index (χ1) is 10.9. The Bertz CT molecular complexity index is 480. The second-order valence-electron chi connectivity index (χ2n) is 9.50. The molecule has 0 bridgehead atoms. The van der Waals surface area contributed by atoms with E-state index in [0.29, 0.717) is 0 Å². The summed E-state index contributed by atoms with van der Waals surface area (Å²) in [6.07, 6.45) is 11.8. The van der Waals surface area contributed by atoms with Gasteiger partial charge in [0.25, 0.3) is 0 Å². The highest BCUT2D eigenvalue weighted by Crippen LogP contribution is 2.43. The van der Waals surface area contributed by atoms with Crippen LogP contribution in [0.5, 0.6) is 0 Å². The van der Waals surface area contributed by atoms with Gasteiger partial charge in [-0.05, 0) is 67.8 Å². The normalized spacial score (nSPS) is 32.7. The van der Waals surface area contributed by atoms with E-state index >= 15 is 0 Å². The highest BCUT2D eigenvalue weighted by atomic mass is 28.3. The molecule has 0 unspecified atom stereocenters. The Morgan fingerprint density at radius 3 is 1.65 bits per heavy atom. The summed E-state index contributed by atoms with van der Waals surface area (Å²) in [6, 6.07) is 9.74. The number of hydrogen-bond donors (Lipinski definition) is 0. The van der Waals surface area contributed by atoms with Gasteiger partial charge < -0.3 is 0 Å². The topological polar surface area (TPSA) is 0 Å². The van der Waals surface area contributed by atoms with Gasteiger partial charge in [0.15, 0.2) is 0 Å². The molecule has 2 aliphatic carbocycles. The van der Waals surface area contributed by atoms with Gasteiger partial charge in [0.2, 0.25) is 0 Å². The van der Waals surface area contributed by atoms with Crippen LogP contribution < -0.4 is 5.19 Å². The summed E-state index contributed by atoms with van der Waals surface area (Å²) >= 11 is 0. The molecule has 1 aromatic rings. The van der Waals surface area contributed by atoms with Crippen molar-refractivity contribution < 1.29 is 0 Å². The lowest BCUT2D eigenvalue weighted by molar-refractivity contribution is 0.165. The highest BCUT2D eigenvalue weighted by molar-refractivity contribution is 6.88. The second kappa shape index (κ2) is 7.13. The standard InChI is InChI=1S/C22H36Si/c1-17-5-7-18(8-6-17)19-9-11-20(12-10-19)21-13-15-22(16-14-21)23(2,3)4/h13-20H,5-12H2,1-4H3. The molecule has 0 spiro atoms. The largest absolute Gasteiger partial charge is 0.0775 e. The fourth-order valence-corrected chi connectivity index (χ4v) is 6.10. The van der Waals surface area contributed by atoms with Crippen LogP contribution in [-0.4, -0.2) is 8.07 Å². The van der Waals surface area contributed by atoms with Gasteiger partial charge in [-0.15, -0.1) is 0 Å². The number of hydrogen-bond acceptors (Lipinski definition) is 0. The van der Waals surface area contributed by atoms with Crippen LogP contribution in [0.1, 0.15) is 69.8 Å². The van der Waals surface area contributed by atoms with Crippen molar-refractivity contribution in [1.82, 2.24) is 0 Å². The fourth-order valence-electron chi connectivity index (χ4n) is 4.94. The van der Waals surface area contributed by atoms with E-state index in [0.717, 1.165) is 23.7 Å². The summed E-state index contributed by atoms with van der Waals surface area (Å²) in [5.74, 6) is 3.93. The maximum atomic E-state index is 2.45. The van der Waals surface area contributed by atoms with Gasteiger partial charge in [-0.3, -0.25) is 0 Å². The average molecular weight is 329 g/mol. The van der Waals surface area contributed by atoms with Crippen LogP contribution >= 0.6 is 0 Å². The molecule has 0 radical (unpaired) electrons. The van der Waals surface area contributed by atoms with Crippen LogP contribution in [0, 0.1) is 17.8 Å². The van der Waals surface area contributed by atoms with Crippen LogP contribution in [0.3, 0.4) is 0 Å². The third-order valence-electron chi connectivity index (χ3n) is 6.75. The molecule has 0 heterocycles. The van der Waals surface area contributed by atoms with E-state index in [1.54, 1.807) is 10.8 Å². The lowest BCUT2D eigenvalue weighted by Crippen LogP contribution is -2.37. The molecule has 2 fully saturated rings. The van der Waals surface area contributed by atoms with Gasteiger partial charge in [-0.25, -0.2) is 0 Å². The minimum absolute atomic E-state index is 0.837. The summed E-state index contributed by atoms with van der Waals surface area (Å²) < 4.78 is 0. The Balaban J connectivity index is 1.54. The zero-order valence-corrected chi connectivity index (χ0v) is 16.8. The molecule has 0 saturated heterocycles. The third kappa shape index (κ3) is 4.29. The average Bonchev–Trinajstić information content (AvgIpc) is 2.55. The van der Waals surface area contributed by atoms with Gasteiger partial charge in [-0.2, -0.15) is 0 Å². The Kier molecular flexibility index (Phi) is 5.35. The van der Waals surface area contributed by atoms with Crippen LogP contribution in [0.4, 0.5) is 0 Å². The van der Waals surface area contributed by atoms with E-state index in [4.69, 9.17) is 0 Å². The Morgan fingerprint density at radius 1 is 0.696 bits per heavy atom. The molecule has 1 aromatic carbocycles. The molecule has 1 heteroatoms. The monoisotopic (exact) mass is 328 g/mol. The van der Waals surface area contributed by atoms with Gasteiger partial charge in [0, 0.05) is 0 Å². The van der Waals surface area contributed by atoms with E-state index in [1.807, 2.05) is 0 Å². The Morgan fingerprint density at radius 2 is 1.17 bits per heavy atom. The molecule has 0 nitrogen and oxygen atoms in total. The fraction of sp³-hybridized carbons (Fsp3) is 0.727. The summed E-state index contributed by atoms with van der Waals surface area (Å²) in [5.41, 5.74) is 1.61. The molecule has 128 valence electrons. The maximum Gasteiger partial charge on any atom is 0.0775 e. The van der Waals surface area contributed by atoms with Crippen molar-refractivity contribution in [2.24, 2.45) is 17.8 Å². The Labute approximate surface area is 145 Å². The maximum absolute atomic E-state index is 2.45. The molecule has 2 aliphatic rings. The zero-order chi connectivity index (χ0) is 16.4. The van der Waals surface area contributed by atoms with Crippen LogP contribution in [0.25, 0.3) is 0 Å². The molecule has 0 amide bonds. The van der Waals surface area contributed by atoms with Gasteiger partial charge in [0.1, 0.15) is 0 Å². The molecular formula is C22H36Si. The molecule has 0 aliphatic heterocycles. The molecule has 0 aromatic heterocycles. The van der Waals surface area contributed by atoms with E-state index in [1.165, 1.54) is 51.4 Å². The Hall–Kier alpha value is -0.563. The van der Waals surface area contributed by atoms with Crippen LogP contribution in [0.15, 0.2) is 24.3 Å². The summed E-state index contributed by atoms with van der Waals surface area (Å²) in [4.78, 5) is 0. The van der Waals surface area contributed by atoms with E-state index in [-0.39, 0.29) is 0 Å². The van der Waals surface area contributed by atoms with Crippen LogP contribution in [-0.2, 0) is 0 Å². The van der Waals surface area contributed by atoms with Crippen molar-refractivity contribution >= 4 is 13.3 Å². The minimum atomic E-state index is -1.15. The van der Waals surface area contributed by atoms with Crippen LogP contribution in [0.2, 0.25) is 19.6 Å². The highest BCUT2D eigenvalue weighted by Gasteiger charge is 2.30. The zero-order valence-electron chi connectivity index (χ0n) is 15.8. The first-order valence-corrected chi connectivity index (χ1v) is 13.5. The van der Waals surface area contributed by atoms with E-state index in [2.05, 4.69) is 50.8 Å². The molecular weight excluding hydrogens is 292 g/mol. The lowest BCUT2D eigenvalue weighted by atomic mass is 9.68. The number of benzene rings is 1. The molecule has 0 N–H and O–H groups in total. The van der Waals surface area contributed by atoms with Gasteiger partial charge >= 0.3 is 0 Å². The smallest absolute Gasteiger partial charge is 0.0656 e. The van der Waals surface area contributed by atoms with E-state index in [9.17, 15) is 0 Å². The van der Waals surface area contributed by atoms with E-state index < -0.39 is 8.07 Å². The molecule has 0 atom stereocenters. The number of rotatable bonds is 3. The summed E-state index contributed by atoms with van der Waals surface area (Å²) in [7, 11) is -1.15. The third-order valence-corrected chi connectivity index (χ3v) is 8.81. The summed E-state index contributed by atoms with van der Waals surface area (Å²) in [6.45, 7) is 9.77. The second-order valence-corrected chi connectivity index (χ2v) is 14.6. The van der Waals surface area contributed by atoms with Gasteiger partial charge in [0.05, 0.1) is 8.07 Å². The lowest BCUT2D eigenvalue weighted by Gasteiger charge is -2.37. The van der Waals surface area contributed by atoms with Crippen molar-refractivity contribution in [2.45, 2.75) is 83.8 Å². The minimum Gasteiger partial charge on any atom is -0.0656 e. The van der Waals surface area contributed by atoms with Gasteiger partial charge in [-0.1, -0.05) is 68.9 Å². The van der Waals surface area contributed by atoms with Crippen molar-refractivity contribution in [3.8, 4) is 0 Å². The predicted molar refractivity (Wildman–Crippen MR) is 105 cm³/mol. The first kappa shape index (κ1) is 17.3. The van der Waals surface area contributed by atoms with Crippen molar-refractivity contribution in [3.05, 3.63) is 29.8 Å². The first-order valence-electron chi connectivity index (χ1n) is 10.0. The van der Waals surface area contributed by atoms with Crippen molar-refractivity contribution in [3.63, 3.8) is 0 Å². The predicted octanol–water partition coefficient (Wildman–Crippen LogP) is 6.33. The molecule has 3 rings (SSSR count). The SMILES string of the molecule is CC1CCC(C2CCC(c3ccc([Si](C)(C)C)cc3)CC2)CC1. The van der Waals surface area contributed by atoms with Crippen molar-refractivity contribution in [2.75, 3.05) is 0 Å². The quantitative estimate of drug-likeness (QED) is 0.569.